The fourth-order valence-electron chi connectivity index (χ4n) is 2.07. The summed E-state index contributed by atoms with van der Waals surface area (Å²) in [7, 11) is 0. The van der Waals surface area contributed by atoms with Crippen molar-refractivity contribution in [2.75, 3.05) is 5.32 Å². The van der Waals surface area contributed by atoms with Crippen LogP contribution in [-0.4, -0.2) is 20.9 Å². The predicted octanol–water partition coefficient (Wildman–Crippen LogP) is 4.25. The van der Waals surface area contributed by atoms with E-state index in [1.165, 1.54) is 0 Å². The number of para-hydroxylation sites is 1. The number of hydrogen-bond acceptors (Lipinski definition) is 3. The minimum atomic E-state index is -4.38. The van der Waals surface area contributed by atoms with Gasteiger partial charge in [0, 0.05) is 11.3 Å². The van der Waals surface area contributed by atoms with E-state index in [9.17, 15) is 13.2 Å². The molecule has 118 valence electrons. The van der Waals surface area contributed by atoms with Crippen molar-refractivity contribution >= 4 is 11.6 Å². The Balaban J connectivity index is 1.97. The smallest absolute Gasteiger partial charge is 0.324 e. The molecular weight excluding hydrogens is 305 g/mol. The lowest BCUT2D eigenvalue weighted by Gasteiger charge is -2.10. The number of aromatic nitrogens is 3. The van der Waals surface area contributed by atoms with Crippen LogP contribution in [0.5, 0.6) is 0 Å². The molecule has 7 heteroatoms. The Bertz CT molecular complexity index is 767. The summed E-state index contributed by atoms with van der Waals surface area (Å²) in [5.41, 5.74) is 1.30. The second-order valence-electron chi connectivity index (χ2n) is 4.89. The topological polar surface area (TPSA) is 42.7 Å². The van der Waals surface area contributed by atoms with Crippen LogP contribution in [0.25, 0.3) is 11.4 Å². The molecule has 0 bridgehead atoms. The van der Waals surface area contributed by atoms with E-state index in [-0.39, 0.29) is 11.8 Å². The molecule has 4 nitrogen and oxygen atoms in total. The molecule has 0 fully saturated rings. The first kappa shape index (κ1) is 15.1. The molecule has 0 saturated carbocycles. The van der Waals surface area contributed by atoms with Gasteiger partial charge in [-0.1, -0.05) is 48.5 Å². The van der Waals surface area contributed by atoms with E-state index in [4.69, 9.17) is 0 Å². The highest BCUT2D eigenvalue weighted by Crippen LogP contribution is 2.24. The van der Waals surface area contributed by atoms with Gasteiger partial charge >= 0.3 is 6.18 Å². The highest BCUT2D eigenvalue weighted by atomic mass is 19.4. The number of halogens is 3. The number of nitrogens with zero attached hydrogens (tertiary/aromatic N) is 3. The Morgan fingerprint density at radius 3 is 2.13 bits per heavy atom. The van der Waals surface area contributed by atoms with Crippen molar-refractivity contribution < 1.29 is 13.2 Å². The molecule has 0 saturated heterocycles. The summed E-state index contributed by atoms with van der Waals surface area (Å²) in [6.07, 6.45) is -4.38. The fraction of sp³-hybridized carbons (Fsp3) is 0.125. The van der Waals surface area contributed by atoms with Gasteiger partial charge in [-0.05, 0) is 12.1 Å². The molecule has 0 aliphatic rings. The van der Waals surface area contributed by atoms with E-state index in [2.05, 4.69) is 15.4 Å². The molecular formula is C16H13F3N4. The molecule has 0 unspecified atom stereocenters. The summed E-state index contributed by atoms with van der Waals surface area (Å²) < 4.78 is 39.1. The van der Waals surface area contributed by atoms with Gasteiger partial charge in [0.15, 0.2) is 5.82 Å². The van der Waals surface area contributed by atoms with E-state index in [0.717, 1.165) is 4.68 Å². The van der Waals surface area contributed by atoms with Crippen LogP contribution >= 0.6 is 0 Å². The second-order valence-corrected chi connectivity index (χ2v) is 4.89. The quantitative estimate of drug-likeness (QED) is 0.782. The molecule has 0 amide bonds. The Labute approximate surface area is 130 Å². The molecule has 2 aromatic carbocycles. The van der Waals surface area contributed by atoms with Gasteiger partial charge in [-0.2, -0.15) is 18.2 Å². The van der Waals surface area contributed by atoms with Crippen LogP contribution in [0.2, 0.25) is 0 Å². The van der Waals surface area contributed by atoms with Crippen LogP contribution in [0.4, 0.5) is 24.8 Å². The zero-order chi connectivity index (χ0) is 16.3. The van der Waals surface area contributed by atoms with Crippen LogP contribution in [0.3, 0.4) is 0 Å². The maximum atomic E-state index is 12.8. The number of anilines is 2. The lowest BCUT2D eigenvalue weighted by molar-refractivity contribution is -0.142. The maximum absolute atomic E-state index is 12.8. The number of hydrogen-bond donors (Lipinski definition) is 1. The van der Waals surface area contributed by atoms with Crippen molar-refractivity contribution in [1.29, 1.82) is 0 Å². The Morgan fingerprint density at radius 1 is 0.913 bits per heavy atom. The lowest BCUT2D eigenvalue weighted by atomic mass is 10.2. The average Bonchev–Trinajstić information content (AvgIpc) is 2.90. The minimum absolute atomic E-state index is 0.0485. The number of benzene rings is 2. The van der Waals surface area contributed by atoms with Crippen molar-refractivity contribution in [2.45, 2.75) is 12.7 Å². The molecule has 3 aromatic rings. The summed E-state index contributed by atoms with van der Waals surface area (Å²) >= 11 is 0. The average molecular weight is 318 g/mol. The number of alkyl halides is 3. The summed E-state index contributed by atoms with van der Waals surface area (Å²) in [6.45, 7) is -1.21. The Morgan fingerprint density at radius 2 is 1.52 bits per heavy atom. The third kappa shape index (κ3) is 3.88. The van der Waals surface area contributed by atoms with Crippen molar-refractivity contribution in [2.24, 2.45) is 0 Å². The zero-order valence-corrected chi connectivity index (χ0v) is 12.0. The zero-order valence-electron chi connectivity index (χ0n) is 12.0. The second kappa shape index (κ2) is 6.12. The van der Waals surface area contributed by atoms with Gasteiger partial charge in [0.05, 0.1) is 0 Å². The summed E-state index contributed by atoms with van der Waals surface area (Å²) in [5, 5.41) is 6.86. The normalized spacial score (nSPS) is 11.4. The Kier molecular flexibility index (Phi) is 4.01. The van der Waals surface area contributed by atoms with Crippen molar-refractivity contribution in [3.8, 4) is 11.4 Å². The largest absolute Gasteiger partial charge is 0.408 e. The third-order valence-electron chi connectivity index (χ3n) is 3.06. The van der Waals surface area contributed by atoms with Crippen LogP contribution in [0, 0.1) is 0 Å². The van der Waals surface area contributed by atoms with Crippen LogP contribution in [0.15, 0.2) is 60.7 Å². The first-order chi connectivity index (χ1) is 11.0. The summed E-state index contributed by atoms with van der Waals surface area (Å²) in [4.78, 5) is 4.20. The molecule has 0 radical (unpaired) electrons. The monoisotopic (exact) mass is 318 g/mol. The number of rotatable bonds is 4. The first-order valence-electron chi connectivity index (χ1n) is 6.90. The van der Waals surface area contributed by atoms with Crippen LogP contribution < -0.4 is 5.32 Å². The highest BCUT2D eigenvalue weighted by molar-refractivity contribution is 5.59. The van der Waals surface area contributed by atoms with E-state index < -0.39 is 12.7 Å². The molecule has 1 N–H and O–H groups in total. The van der Waals surface area contributed by atoms with Crippen LogP contribution in [0.1, 0.15) is 0 Å². The molecule has 0 aliphatic carbocycles. The van der Waals surface area contributed by atoms with Crippen molar-refractivity contribution in [1.82, 2.24) is 14.8 Å². The molecule has 0 spiro atoms. The molecule has 23 heavy (non-hydrogen) atoms. The molecule has 3 rings (SSSR count). The summed E-state index contributed by atoms with van der Waals surface area (Å²) in [5.74, 6) is 0.292. The SMILES string of the molecule is FC(F)(F)Cn1nc(-c2ccccc2)nc1Nc1ccccc1. The van der Waals surface area contributed by atoms with Gasteiger partial charge in [0.1, 0.15) is 6.54 Å². The summed E-state index contributed by atoms with van der Waals surface area (Å²) in [6, 6.07) is 17.8. The van der Waals surface area contributed by atoms with E-state index in [0.29, 0.717) is 11.3 Å². The van der Waals surface area contributed by atoms with E-state index in [1.54, 1.807) is 48.5 Å². The van der Waals surface area contributed by atoms with Gasteiger partial charge in [-0.15, -0.1) is 5.10 Å². The first-order valence-corrected chi connectivity index (χ1v) is 6.90. The van der Waals surface area contributed by atoms with E-state index >= 15 is 0 Å². The molecule has 1 aromatic heterocycles. The lowest BCUT2D eigenvalue weighted by Crippen LogP contribution is -2.20. The molecule has 0 atom stereocenters. The standard InChI is InChI=1S/C16H13F3N4/c17-16(18,19)11-23-15(20-13-9-5-2-6-10-13)21-14(22-23)12-7-3-1-4-8-12/h1-10H,11H2,(H,20,21,22). The highest BCUT2D eigenvalue weighted by Gasteiger charge is 2.30. The Hall–Kier alpha value is -2.83. The predicted molar refractivity (Wildman–Crippen MR) is 81.2 cm³/mol. The third-order valence-corrected chi connectivity index (χ3v) is 3.06. The van der Waals surface area contributed by atoms with Gasteiger partial charge in [0.25, 0.3) is 0 Å². The van der Waals surface area contributed by atoms with Crippen LogP contribution in [-0.2, 0) is 6.54 Å². The van der Waals surface area contributed by atoms with E-state index in [1.807, 2.05) is 12.1 Å². The van der Waals surface area contributed by atoms with Gasteiger partial charge in [-0.25, -0.2) is 4.68 Å². The van der Waals surface area contributed by atoms with Gasteiger partial charge < -0.3 is 5.32 Å². The maximum Gasteiger partial charge on any atom is 0.408 e. The molecule has 1 heterocycles. The molecule has 0 aliphatic heterocycles. The number of nitrogens with one attached hydrogen (secondary N) is 1. The van der Waals surface area contributed by atoms with Crippen molar-refractivity contribution in [3.05, 3.63) is 60.7 Å². The van der Waals surface area contributed by atoms with Crippen molar-refractivity contribution in [3.63, 3.8) is 0 Å². The minimum Gasteiger partial charge on any atom is -0.324 e. The van der Waals surface area contributed by atoms with Gasteiger partial charge in [0.2, 0.25) is 5.95 Å². The fourth-order valence-corrected chi connectivity index (χ4v) is 2.07. The van der Waals surface area contributed by atoms with Gasteiger partial charge in [-0.3, -0.25) is 0 Å².